The van der Waals surface area contributed by atoms with Crippen molar-refractivity contribution < 1.29 is 9.47 Å². The first-order chi connectivity index (χ1) is 16.0. The lowest BCUT2D eigenvalue weighted by molar-refractivity contribution is 0.360. The molecule has 162 valence electrons. The third-order valence-electron chi connectivity index (χ3n) is 7.12. The zero-order chi connectivity index (χ0) is 22.7. The Morgan fingerprint density at radius 3 is 2.30 bits per heavy atom. The lowest BCUT2D eigenvalue weighted by atomic mass is 9.82. The summed E-state index contributed by atoms with van der Waals surface area (Å²) in [5, 5.41) is 0. The van der Waals surface area contributed by atoms with Gasteiger partial charge in [-0.05, 0) is 77.1 Å². The van der Waals surface area contributed by atoms with Crippen LogP contribution in [0.2, 0.25) is 0 Å². The summed E-state index contributed by atoms with van der Waals surface area (Å²) in [5.41, 5.74) is 9.66. The summed E-state index contributed by atoms with van der Waals surface area (Å²) in [6.07, 6.45) is 2.13. The molecule has 4 aromatic rings. The smallest absolute Gasteiger partial charge is 0.177 e. The van der Waals surface area contributed by atoms with Gasteiger partial charge in [0.25, 0.3) is 0 Å². The molecule has 0 N–H and O–H groups in total. The molecule has 0 saturated carbocycles. The SMILES string of the molecule is C/C=C(\C)c1cccc(-c2cccc3c2Oc2cc4c(cc2O3)-c2ccccc2C4(C)C)c1. The summed E-state index contributed by atoms with van der Waals surface area (Å²) >= 11 is 0. The minimum Gasteiger partial charge on any atom is -0.449 e. The van der Waals surface area contributed by atoms with E-state index in [1.54, 1.807) is 0 Å². The molecule has 0 atom stereocenters. The Bertz CT molecular complexity index is 1460. The molecule has 0 fully saturated rings. The van der Waals surface area contributed by atoms with Gasteiger partial charge in [0, 0.05) is 11.0 Å². The van der Waals surface area contributed by atoms with Gasteiger partial charge in [-0.1, -0.05) is 74.5 Å². The number of hydrogen-bond acceptors (Lipinski definition) is 2. The van der Waals surface area contributed by atoms with Gasteiger partial charge in [0.2, 0.25) is 0 Å². The number of allylic oxidation sites excluding steroid dienone is 2. The second kappa shape index (κ2) is 7.11. The van der Waals surface area contributed by atoms with Crippen LogP contribution in [0.3, 0.4) is 0 Å². The van der Waals surface area contributed by atoms with Crippen LogP contribution in [0.15, 0.2) is 84.9 Å². The molecule has 0 unspecified atom stereocenters. The Balaban J connectivity index is 1.47. The fraction of sp³-hybridized carbons (Fsp3) is 0.161. The molecule has 0 bridgehead atoms. The molecule has 0 amide bonds. The fourth-order valence-corrected chi connectivity index (χ4v) is 5.12. The standard InChI is InChI=1S/C31H26O2/c1-5-19(2)20-10-8-11-21(16-20)22-13-9-15-27-30(22)33-29-18-26-24(17-28(29)32-27)23-12-6-7-14-25(23)31(26,3)4/h5-18H,1-4H3/b19-5+. The number of fused-ring (bicyclic) bond motifs is 5. The molecular weight excluding hydrogens is 404 g/mol. The topological polar surface area (TPSA) is 18.5 Å². The number of rotatable bonds is 2. The number of hydrogen-bond donors (Lipinski definition) is 0. The molecule has 0 aromatic heterocycles. The fourth-order valence-electron chi connectivity index (χ4n) is 5.12. The van der Waals surface area contributed by atoms with E-state index in [4.69, 9.17) is 9.47 Å². The van der Waals surface area contributed by atoms with E-state index in [0.717, 1.165) is 34.1 Å². The van der Waals surface area contributed by atoms with Crippen molar-refractivity contribution in [2.45, 2.75) is 33.1 Å². The molecule has 4 aromatic carbocycles. The van der Waals surface area contributed by atoms with Gasteiger partial charge in [-0.3, -0.25) is 0 Å². The van der Waals surface area contributed by atoms with Crippen LogP contribution in [0.25, 0.3) is 27.8 Å². The Morgan fingerprint density at radius 1 is 0.697 bits per heavy atom. The Morgan fingerprint density at radius 2 is 1.45 bits per heavy atom. The zero-order valence-electron chi connectivity index (χ0n) is 19.4. The van der Waals surface area contributed by atoms with Crippen molar-refractivity contribution in [3.8, 4) is 45.3 Å². The van der Waals surface area contributed by atoms with Crippen molar-refractivity contribution in [2.24, 2.45) is 0 Å². The van der Waals surface area contributed by atoms with Crippen LogP contribution in [-0.2, 0) is 5.41 Å². The highest BCUT2D eigenvalue weighted by Gasteiger charge is 2.37. The van der Waals surface area contributed by atoms with Gasteiger partial charge in [0.05, 0.1) is 0 Å². The molecule has 33 heavy (non-hydrogen) atoms. The first-order valence-electron chi connectivity index (χ1n) is 11.5. The third kappa shape index (κ3) is 2.94. The highest BCUT2D eigenvalue weighted by Crippen LogP contribution is 2.56. The first-order valence-corrected chi connectivity index (χ1v) is 11.5. The number of benzene rings is 4. The summed E-state index contributed by atoms with van der Waals surface area (Å²) < 4.78 is 13.0. The van der Waals surface area contributed by atoms with Crippen molar-refractivity contribution in [1.82, 2.24) is 0 Å². The van der Waals surface area contributed by atoms with Crippen LogP contribution >= 0.6 is 0 Å². The predicted octanol–water partition coefficient (Wildman–Crippen LogP) is 8.98. The van der Waals surface area contributed by atoms with Crippen LogP contribution in [0, 0.1) is 0 Å². The molecule has 2 aliphatic rings. The quantitative estimate of drug-likeness (QED) is 0.278. The van der Waals surface area contributed by atoms with E-state index in [-0.39, 0.29) is 5.41 Å². The van der Waals surface area contributed by atoms with Crippen molar-refractivity contribution in [1.29, 1.82) is 0 Å². The molecule has 0 spiro atoms. The maximum Gasteiger partial charge on any atom is 0.177 e. The van der Waals surface area contributed by atoms with Gasteiger partial charge in [-0.25, -0.2) is 0 Å². The van der Waals surface area contributed by atoms with Crippen LogP contribution in [0.5, 0.6) is 23.0 Å². The normalized spacial score (nSPS) is 15.0. The molecule has 1 aliphatic carbocycles. The van der Waals surface area contributed by atoms with Gasteiger partial charge in [-0.15, -0.1) is 0 Å². The average Bonchev–Trinajstić information content (AvgIpc) is 3.07. The van der Waals surface area contributed by atoms with Crippen LogP contribution in [0.4, 0.5) is 0 Å². The predicted molar refractivity (Wildman–Crippen MR) is 135 cm³/mol. The van der Waals surface area contributed by atoms with Gasteiger partial charge in [0.15, 0.2) is 23.0 Å². The Kier molecular flexibility index (Phi) is 4.28. The highest BCUT2D eigenvalue weighted by atomic mass is 16.6. The molecule has 0 saturated heterocycles. The van der Waals surface area contributed by atoms with E-state index >= 15 is 0 Å². The van der Waals surface area contributed by atoms with E-state index in [2.05, 4.69) is 101 Å². The minimum atomic E-state index is -0.0809. The van der Waals surface area contributed by atoms with Crippen molar-refractivity contribution in [3.63, 3.8) is 0 Å². The van der Waals surface area contributed by atoms with E-state index in [1.165, 1.54) is 33.4 Å². The second-order valence-corrected chi connectivity index (χ2v) is 9.40. The number of para-hydroxylation sites is 1. The highest BCUT2D eigenvalue weighted by molar-refractivity contribution is 5.84. The molecule has 0 radical (unpaired) electrons. The van der Waals surface area contributed by atoms with Crippen molar-refractivity contribution in [3.05, 3.63) is 102 Å². The molecule has 6 rings (SSSR count). The van der Waals surface area contributed by atoms with E-state index in [0.29, 0.717) is 0 Å². The Labute approximate surface area is 195 Å². The Hall–Kier alpha value is -3.78. The van der Waals surface area contributed by atoms with E-state index in [1.807, 2.05) is 12.1 Å². The zero-order valence-corrected chi connectivity index (χ0v) is 19.4. The summed E-state index contributed by atoms with van der Waals surface area (Å²) in [5.74, 6) is 3.06. The van der Waals surface area contributed by atoms with E-state index in [9.17, 15) is 0 Å². The number of ether oxygens (including phenoxy) is 2. The summed E-state index contributed by atoms with van der Waals surface area (Å²) in [6, 6.07) is 27.7. The maximum absolute atomic E-state index is 6.57. The molecular formula is C31H26O2. The maximum atomic E-state index is 6.57. The molecule has 2 nitrogen and oxygen atoms in total. The van der Waals surface area contributed by atoms with Gasteiger partial charge in [0.1, 0.15) is 0 Å². The lowest BCUT2D eigenvalue weighted by Gasteiger charge is -2.26. The molecule has 2 heteroatoms. The van der Waals surface area contributed by atoms with Crippen LogP contribution < -0.4 is 9.47 Å². The van der Waals surface area contributed by atoms with Crippen molar-refractivity contribution >= 4 is 5.57 Å². The molecule has 1 heterocycles. The minimum absolute atomic E-state index is 0.0809. The molecule has 1 aliphatic heterocycles. The average molecular weight is 431 g/mol. The first kappa shape index (κ1) is 19.9. The second-order valence-electron chi connectivity index (χ2n) is 9.40. The largest absolute Gasteiger partial charge is 0.449 e. The van der Waals surface area contributed by atoms with Crippen molar-refractivity contribution in [2.75, 3.05) is 0 Å². The monoisotopic (exact) mass is 430 g/mol. The summed E-state index contributed by atoms with van der Waals surface area (Å²) in [4.78, 5) is 0. The van der Waals surface area contributed by atoms with Crippen LogP contribution in [0.1, 0.15) is 44.4 Å². The van der Waals surface area contributed by atoms with Crippen LogP contribution in [-0.4, -0.2) is 0 Å². The summed E-state index contributed by atoms with van der Waals surface area (Å²) in [7, 11) is 0. The third-order valence-corrected chi connectivity index (χ3v) is 7.12. The van der Waals surface area contributed by atoms with Gasteiger partial charge >= 0.3 is 0 Å². The van der Waals surface area contributed by atoms with Gasteiger partial charge in [-0.2, -0.15) is 0 Å². The van der Waals surface area contributed by atoms with Gasteiger partial charge < -0.3 is 9.47 Å². The summed E-state index contributed by atoms with van der Waals surface area (Å²) in [6.45, 7) is 8.76. The van der Waals surface area contributed by atoms with E-state index < -0.39 is 0 Å². The lowest BCUT2D eigenvalue weighted by Crippen LogP contribution is -2.15.